The fourth-order valence-electron chi connectivity index (χ4n) is 6.14. The van der Waals surface area contributed by atoms with E-state index in [0.717, 1.165) is 24.9 Å². The third-order valence-electron chi connectivity index (χ3n) is 7.88. The van der Waals surface area contributed by atoms with Crippen LogP contribution in [0, 0.1) is 11.6 Å². The Balaban J connectivity index is 1.60. The monoisotopic (exact) mass is 528 g/mol. The largest absolute Gasteiger partial charge is 0.480 e. The Kier molecular flexibility index (Phi) is 5.74. The number of nitrogens with one attached hydrogen (secondary N) is 1. The van der Waals surface area contributed by atoms with Crippen molar-refractivity contribution in [2.45, 2.75) is 49.6 Å². The first-order chi connectivity index (χ1) is 17.7. The van der Waals surface area contributed by atoms with Gasteiger partial charge < -0.3 is 20.9 Å². The van der Waals surface area contributed by atoms with Gasteiger partial charge in [-0.15, -0.1) is 0 Å². The van der Waals surface area contributed by atoms with Gasteiger partial charge in [0.15, 0.2) is 5.60 Å². The van der Waals surface area contributed by atoms with E-state index >= 15 is 8.78 Å². The molecule has 37 heavy (non-hydrogen) atoms. The van der Waals surface area contributed by atoms with Gasteiger partial charge in [-0.1, -0.05) is 41.9 Å². The molecule has 1 saturated heterocycles. The maximum atomic E-state index is 16.1. The lowest BCUT2D eigenvalue weighted by Crippen LogP contribution is -2.48. The lowest BCUT2D eigenvalue weighted by atomic mass is 9.80. The van der Waals surface area contributed by atoms with E-state index in [1.807, 2.05) is 30.3 Å². The van der Waals surface area contributed by atoms with Crippen molar-refractivity contribution < 1.29 is 27.8 Å². The van der Waals surface area contributed by atoms with Gasteiger partial charge >= 0.3 is 0 Å². The van der Waals surface area contributed by atoms with E-state index in [1.165, 1.54) is 12.1 Å². The van der Waals surface area contributed by atoms with E-state index in [1.54, 1.807) is 0 Å². The van der Waals surface area contributed by atoms with Gasteiger partial charge in [0.2, 0.25) is 5.91 Å². The van der Waals surface area contributed by atoms with E-state index < -0.39 is 35.4 Å². The summed E-state index contributed by atoms with van der Waals surface area (Å²) in [5.74, 6) is -2.62. The molecule has 2 aliphatic heterocycles. The quantitative estimate of drug-likeness (QED) is 0.450. The Morgan fingerprint density at radius 1 is 1.16 bits per heavy atom. The Hall–Kier alpha value is -3.07. The fraction of sp³-hybridized carbons (Fsp3) is 0.321. The van der Waals surface area contributed by atoms with Crippen molar-refractivity contribution in [3.05, 3.63) is 86.9 Å². The highest BCUT2D eigenvalue weighted by molar-refractivity contribution is 6.34. The summed E-state index contributed by atoms with van der Waals surface area (Å²) in [6, 6.07) is 11.8. The second-order valence-electron chi connectivity index (χ2n) is 9.92. The SMILES string of the molecule is NC(=O)c1cc2c(c(F)c1-c1c(Cl)c(F)cc3c1C[C@](c1ccccc1)([C@@H]1CCCN1)O3)CC(F)C2O. The molecule has 9 heteroatoms. The zero-order chi connectivity index (χ0) is 26.1. The van der Waals surface area contributed by atoms with Crippen molar-refractivity contribution in [2.24, 2.45) is 5.73 Å². The molecule has 2 unspecified atom stereocenters. The highest BCUT2D eigenvalue weighted by Gasteiger charge is 2.50. The molecule has 1 fully saturated rings. The number of primary amides is 1. The van der Waals surface area contributed by atoms with Gasteiger partial charge in [0, 0.05) is 35.6 Å². The number of alkyl halides is 1. The zero-order valence-corrected chi connectivity index (χ0v) is 20.4. The second-order valence-corrected chi connectivity index (χ2v) is 10.3. The molecule has 4 atom stereocenters. The van der Waals surface area contributed by atoms with Gasteiger partial charge in [-0.2, -0.15) is 0 Å². The Morgan fingerprint density at radius 2 is 1.92 bits per heavy atom. The molecule has 1 amide bonds. The van der Waals surface area contributed by atoms with Crippen LogP contribution in [0.25, 0.3) is 11.1 Å². The summed E-state index contributed by atoms with van der Waals surface area (Å²) < 4.78 is 52.2. The summed E-state index contributed by atoms with van der Waals surface area (Å²) in [4.78, 5) is 12.5. The van der Waals surface area contributed by atoms with Crippen LogP contribution < -0.4 is 15.8 Å². The molecular weight excluding hydrogens is 505 g/mol. The van der Waals surface area contributed by atoms with Crippen LogP contribution in [0.15, 0.2) is 42.5 Å². The molecule has 3 aliphatic rings. The number of rotatable bonds is 4. The Bertz CT molecular complexity index is 1430. The molecule has 1 aliphatic carbocycles. The number of hydrogen-bond donors (Lipinski definition) is 3. The van der Waals surface area contributed by atoms with Crippen LogP contribution in [0.1, 0.15) is 51.6 Å². The molecule has 0 aromatic heterocycles. The summed E-state index contributed by atoms with van der Waals surface area (Å²) in [5, 5.41) is 13.3. The lowest BCUT2D eigenvalue weighted by Gasteiger charge is -2.35. The van der Waals surface area contributed by atoms with Gasteiger partial charge in [-0.25, -0.2) is 13.2 Å². The van der Waals surface area contributed by atoms with E-state index in [-0.39, 0.29) is 57.5 Å². The number of fused-ring (bicyclic) bond motifs is 2. The number of carbonyl (C=O) groups is 1. The maximum Gasteiger partial charge on any atom is 0.249 e. The summed E-state index contributed by atoms with van der Waals surface area (Å²) in [5.41, 5.74) is 5.20. The van der Waals surface area contributed by atoms with E-state index in [0.29, 0.717) is 5.56 Å². The summed E-state index contributed by atoms with van der Waals surface area (Å²) in [7, 11) is 0. The number of benzene rings is 3. The van der Waals surface area contributed by atoms with Crippen LogP contribution in [0.5, 0.6) is 5.75 Å². The van der Waals surface area contributed by atoms with Crippen LogP contribution >= 0.6 is 11.6 Å². The average molecular weight is 529 g/mol. The molecule has 5 nitrogen and oxygen atoms in total. The third kappa shape index (κ3) is 3.57. The minimum absolute atomic E-state index is 0.0432. The molecule has 0 spiro atoms. The number of hydrogen-bond acceptors (Lipinski definition) is 4. The van der Waals surface area contributed by atoms with Crippen molar-refractivity contribution in [3.8, 4) is 16.9 Å². The number of carbonyl (C=O) groups excluding carboxylic acids is 1. The summed E-state index contributed by atoms with van der Waals surface area (Å²) in [6.45, 7) is 0.791. The number of ether oxygens (including phenoxy) is 1. The van der Waals surface area contributed by atoms with Gasteiger partial charge in [0.25, 0.3) is 0 Å². The minimum atomic E-state index is -1.74. The molecule has 0 bridgehead atoms. The number of aliphatic hydroxyl groups excluding tert-OH is 1. The highest BCUT2D eigenvalue weighted by atomic mass is 35.5. The normalized spacial score (nSPS) is 26.1. The third-order valence-corrected chi connectivity index (χ3v) is 8.25. The molecule has 0 saturated carbocycles. The fourth-order valence-corrected chi connectivity index (χ4v) is 6.41. The van der Waals surface area contributed by atoms with E-state index in [4.69, 9.17) is 22.1 Å². The van der Waals surface area contributed by atoms with Gasteiger partial charge in [0.05, 0.1) is 16.6 Å². The van der Waals surface area contributed by atoms with Crippen LogP contribution in [-0.2, 0) is 18.4 Å². The average Bonchev–Trinajstić information content (AvgIpc) is 3.61. The van der Waals surface area contributed by atoms with Crippen molar-refractivity contribution in [2.75, 3.05) is 6.54 Å². The Labute approximate surface area is 216 Å². The van der Waals surface area contributed by atoms with E-state index in [2.05, 4.69) is 5.32 Å². The number of aliphatic hydroxyl groups is 1. The molecule has 2 heterocycles. The lowest BCUT2D eigenvalue weighted by molar-refractivity contribution is 0.0539. The molecule has 192 valence electrons. The molecular formula is C28H24ClF3N2O3. The van der Waals surface area contributed by atoms with Crippen molar-refractivity contribution in [3.63, 3.8) is 0 Å². The molecule has 0 radical (unpaired) electrons. The molecule has 4 N–H and O–H groups in total. The van der Waals surface area contributed by atoms with Gasteiger partial charge in [-0.3, -0.25) is 4.79 Å². The smallest absolute Gasteiger partial charge is 0.249 e. The first kappa shape index (κ1) is 24.3. The zero-order valence-electron chi connectivity index (χ0n) is 19.7. The summed E-state index contributed by atoms with van der Waals surface area (Å²) in [6.07, 6.45) is -1.75. The van der Waals surface area contributed by atoms with Crippen LogP contribution in [-0.4, -0.2) is 29.8 Å². The number of amides is 1. The van der Waals surface area contributed by atoms with Crippen LogP contribution in [0.4, 0.5) is 13.2 Å². The van der Waals surface area contributed by atoms with Gasteiger partial charge in [-0.05, 0) is 42.1 Å². The maximum absolute atomic E-state index is 16.1. The highest BCUT2D eigenvalue weighted by Crippen LogP contribution is 2.53. The summed E-state index contributed by atoms with van der Waals surface area (Å²) >= 11 is 6.48. The van der Waals surface area contributed by atoms with Crippen molar-refractivity contribution in [1.82, 2.24) is 5.32 Å². The van der Waals surface area contributed by atoms with E-state index in [9.17, 15) is 14.3 Å². The number of nitrogens with two attached hydrogens (primary N) is 1. The standard InChI is InChI=1S/C28H24ClF3N2O3/c29-24-18(30)11-20-17(12-28(37-20,21-7-4-8-34-21)13-5-2-1-3-6-13)22(24)23-16(27(33)36)9-15-14(25(23)32)10-19(31)26(15)35/h1-3,5-6,9,11,19,21,26,34-35H,4,7-8,10,12H2,(H2,33,36)/t19?,21-,26?,28-/m0/s1. The van der Waals surface area contributed by atoms with Crippen molar-refractivity contribution >= 4 is 17.5 Å². The first-order valence-corrected chi connectivity index (χ1v) is 12.6. The molecule has 3 aromatic carbocycles. The first-order valence-electron chi connectivity index (χ1n) is 12.2. The van der Waals surface area contributed by atoms with Crippen molar-refractivity contribution in [1.29, 1.82) is 0 Å². The molecule has 6 rings (SSSR count). The second kappa shape index (κ2) is 8.75. The van der Waals surface area contributed by atoms with Crippen LogP contribution in [0.2, 0.25) is 5.02 Å². The predicted molar refractivity (Wildman–Crippen MR) is 132 cm³/mol. The predicted octanol–water partition coefficient (Wildman–Crippen LogP) is 4.89. The molecule has 3 aromatic rings. The van der Waals surface area contributed by atoms with Gasteiger partial charge in [0.1, 0.15) is 29.7 Å². The minimum Gasteiger partial charge on any atom is -0.480 e. The Morgan fingerprint density at radius 3 is 2.59 bits per heavy atom. The topological polar surface area (TPSA) is 84.6 Å². The van der Waals surface area contributed by atoms with Crippen LogP contribution in [0.3, 0.4) is 0 Å². The number of halogens is 4.